The van der Waals surface area contributed by atoms with Crippen molar-refractivity contribution in [2.24, 2.45) is 0 Å². The molecule has 0 aromatic heterocycles. The van der Waals surface area contributed by atoms with Gasteiger partial charge in [-0.1, -0.05) is 24.3 Å². The van der Waals surface area contributed by atoms with Crippen LogP contribution in [0.5, 0.6) is 5.75 Å². The third-order valence-corrected chi connectivity index (χ3v) is 2.85. The SMILES string of the molecule is COc1ccc(/C=C(/C#N)c2cccc(C#N)c2)cc1. The molecule has 0 saturated carbocycles. The molecule has 0 saturated heterocycles. The van der Waals surface area contributed by atoms with Gasteiger partial charge in [0.25, 0.3) is 0 Å². The molecule has 0 fully saturated rings. The second-order valence-electron chi connectivity index (χ2n) is 4.14. The minimum atomic E-state index is 0.521. The number of ether oxygens (including phenoxy) is 1. The van der Waals surface area contributed by atoms with Crippen LogP contribution in [0.4, 0.5) is 0 Å². The molecule has 0 bridgehead atoms. The van der Waals surface area contributed by atoms with Crippen LogP contribution in [0, 0.1) is 22.7 Å². The number of benzene rings is 2. The van der Waals surface area contributed by atoms with Gasteiger partial charge in [0.2, 0.25) is 0 Å². The molecule has 2 aromatic rings. The molecule has 96 valence electrons. The molecule has 0 unspecified atom stereocenters. The summed E-state index contributed by atoms with van der Waals surface area (Å²) < 4.78 is 5.09. The molecule has 0 aliphatic carbocycles. The number of rotatable bonds is 3. The Morgan fingerprint density at radius 2 is 1.85 bits per heavy atom. The van der Waals surface area contributed by atoms with Gasteiger partial charge in [-0.25, -0.2) is 0 Å². The zero-order valence-corrected chi connectivity index (χ0v) is 11.0. The molecule has 0 aliphatic rings. The normalized spacial score (nSPS) is 10.4. The van der Waals surface area contributed by atoms with Crippen molar-refractivity contribution in [2.75, 3.05) is 7.11 Å². The van der Waals surface area contributed by atoms with E-state index in [4.69, 9.17) is 10.00 Å². The number of nitriles is 2. The second-order valence-corrected chi connectivity index (χ2v) is 4.14. The van der Waals surface area contributed by atoms with E-state index in [1.165, 1.54) is 0 Å². The van der Waals surface area contributed by atoms with Crippen LogP contribution >= 0.6 is 0 Å². The van der Waals surface area contributed by atoms with Gasteiger partial charge in [-0.2, -0.15) is 10.5 Å². The second kappa shape index (κ2) is 6.22. The van der Waals surface area contributed by atoms with Crippen LogP contribution in [0.15, 0.2) is 48.5 Å². The van der Waals surface area contributed by atoms with Crippen molar-refractivity contribution in [3.8, 4) is 17.9 Å². The molecule has 0 atom stereocenters. The summed E-state index contributed by atoms with van der Waals surface area (Å²) >= 11 is 0. The molecule has 0 N–H and O–H groups in total. The summed E-state index contributed by atoms with van der Waals surface area (Å²) in [6, 6.07) is 18.7. The summed E-state index contributed by atoms with van der Waals surface area (Å²) in [6.45, 7) is 0. The number of hydrogen-bond acceptors (Lipinski definition) is 3. The average molecular weight is 260 g/mol. The molecule has 2 rings (SSSR count). The first-order valence-electron chi connectivity index (χ1n) is 6.03. The molecule has 20 heavy (non-hydrogen) atoms. The first kappa shape index (κ1) is 13.4. The number of hydrogen-bond donors (Lipinski definition) is 0. The van der Waals surface area contributed by atoms with Gasteiger partial charge in [-0.05, 0) is 41.5 Å². The Labute approximate surface area is 118 Å². The maximum Gasteiger partial charge on any atom is 0.118 e. The first-order chi connectivity index (χ1) is 9.76. The van der Waals surface area contributed by atoms with Crippen LogP contribution < -0.4 is 4.74 Å². The highest BCUT2D eigenvalue weighted by molar-refractivity contribution is 5.89. The van der Waals surface area contributed by atoms with E-state index in [1.54, 1.807) is 31.4 Å². The lowest BCUT2D eigenvalue weighted by molar-refractivity contribution is 0.415. The van der Waals surface area contributed by atoms with Gasteiger partial charge >= 0.3 is 0 Å². The van der Waals surface area contributed by atoms with Gasteiger partial charge < -0.3 is 4.74 Å². The van der Waals surface area contributed by atoms with Crippen LogP contribution in [0.2, 0.25) is 0 Å². The van der Waals surface area contributed by atoms with Crippen molar-refractivity contribution in [3.05, 3.63) is 65.2 Å². The molecule has 0 aliphatic heterocycles. The molecule has 3 heteroatoms. The van der Waals surface area contributed by atoms with Gasteiger partial charge in [0.05, 0.1) is 30.4 Å². The number of methoxy groups -OCH3 is 1. The molecule has 0 spiro atoms. The lowest BCUT2D eigenvalue weighted by Crippen LogP contribution is -1.85. The average Bonchev–Trinajstić information content (AvgIpc) is 2.53. The molecule has 0 radical (unpaired) electrons. The van der Waals surface area contributed by atoms with Crippen molar-refractivity contribution in [1.82, 2.24) is 0 Å². The lowest BCUT2D eigenvalue weighted by Gasteiger charge is -2.02. The fraction of sp³-hybridized carbons (Fsp3) is 0.0588. The van der Waals surface area contributed by atoms with E-state index >= 15 is 0 Å². The molecule has 0 amide bonds. The van der Waals surface area contributed by atoms with E-state index in [2.05, 4.69) is 12.1 Å². The summed E-state index contributed by atoms with van der Waals surface area (Å²) in [6.07, 6.45) is 1.79. The minimum absolute atomic E-state index is 0.521. The van der Waals surface area contributed by atoms with E-state index in [1.807, 2.05) is 30.3 Å². The molecule has 3 nitrogen and oxygen atoms in total. The summed E-state index contributed by atoms with van der Waals surface area (Å²) in [4.78, 5) is 0. The fourth-order valence-corrected chi connectivity index (χ4v) is 1.80. The Balaban J connectivity index is 2.38. The predicted molar refractivity (Wildman–Crippen MR) is 77.6 cm³/mol. The quantitative estimate of drug-likeness (QED) is 0.625. The Morgan fingerprint density at radius 1 is 1.10 bits per heavy atom. The standard InChI is InChI=1S/C17H12N2O/c1-20-17-7-5-13(6-8-17)9-16(12-19)15-4-2-3-14(10-15)11-18/h2-10H,1H3/b16-9-. The van der Waals surface area contributed by atoms with Crippen molar-refractivity contribution < 1.29 is 4.74 Å². The number of nitrogens with zero attached hydrogens (tertiary/aromatic N) is 2. The Morgan fingerprint density at radius 3 is 2.45 bits per heavy atom. The minimum Gasteiger partial charge on any atom is -0.497 e. The highest BCUT2D eigenvalue weighted by Gasteiger charge is 2.02. The first-order valence-corrected chi connectivity index (χ1v) is 6.03. The summed E-state index contributed by atoms with van der Waals surface area (Å²) in [5, 5.41) is 18.2. The van der Waals surface area contributed by atoms with Crippen LogP contribution in [-0.2, 0) is 0 Å². The Kier molecular flexibility index (Phi) is 4.17. The molecular formula is C17H12N2O. The van der Waals surface area contributed by atoms with Crippen molar-refractivity contribution in [3.63, 3.8) is 0 Å². The van der Waals surface area contributed by atoms with Gasteiger partial charge in [0.15, 0.2) is 0 Å². The molecule has 2 aromatic carbocycles. The topological polar surface area (TPSA) is 56.8 Å². The van der Waals surface area contributed by atoms with Crippen LogP contribution in [0.3, 0.4) is 0 Å². The van der Waals surface area contributed by atoms with Gasteiger partial charge in [0.1, 0.15) is 5.75 Å². The highest BCUT2D eigenvalue weighted by atomic mass is 16.5. The maximum absolute atomic E-state index is 9.28. The van der Waals surface area contributed by atoms with E-state index in [9.17, 15) is 5.26 Å². The van der Waals surface area contributed by atoms with E-state index in [0.29, 0.717) is 11.1 Å². The van der Waals surface area contributed by atoms with E-state index in [0.717, 1.165) is 16.9 Å². The molecule has 0 heterocycles. The van der Waals surface area contributed by atoms with Gasteiger partial charge in [0, 0.05) is 0 Å². The Hall–Kier alpha value is -3.04. The van der Waals surface area contributed by atoms with Crippen LogP contribution in [0.25, 0.3) is 11.6 Å². The molecular weight excluding hydrogens is 248 g/mol. The fourth-order valence-electron chi connectivity index (χ4n) is 1.80. The van der Waals surface area contributed by atoms with Crippen molar-refractivity contribution in [1.29, 1.82) is 10.5 Å². The summed E-state index contributed by atoms with van der Waals surface area (Å²) in [5.41, 5.74) is 2.71. The summed E-state index contributed by atoms with van der Waals surface area (Å²) in [7, 11) is 1.61. The zero-order chi connectivity index (χ0) is 14.4. The third-order valence-electron chi connectivity index (χ3n) is 2.85. The summed E-state index contributed by atoms with van der Waals surface area (Å²) in [5.74, 6) is 0.770. The zero-order valence-electron chi connectivity index (χ0n) is 11.0. The predicted octanol–water partition coefficient (Wildman–Crippen LogP) is 3.63. The van der Waals surface area contributed by atoms with Crippen molar-refractivity contribution in [2.45, 2.75) is 0 Å². The van der Waals surface area contributed by atoms with Crippen LogP contribution in [-0.4, -0.2) is 7.11 Å². The highest BCUT2D eigenvalue weighted by Crippen LogP contribution is 2.20. The monoisotopic (exact) mass is 260 g/mol. The van der Waals surface area contributed by atoms with Crippen LogP contribution in [0.1, 0.15) is 16.7 Å². The Bertz CT molecular complexity index is 716. The lowest BCUT2D eigenvalue weighted by atomic mass is 10.0. The number of allylic oxidation sites excluding steroid dienone is 1. The van der Waals surface area contributed by atoms with Gasteiger partial charge in [-0.15, -0.1) is 0 Å². The van der Waals surface area contributed by atoms with E-state index in [-0.39, 0.29) is 0 Å². The smallest absolute Gasteiger partial charge is 0.118 e. The maximum atomic E-state index is 9.28. The largest absolute Gasteiger partial charge is 0.497 e. The van der Waals surface area contributed by atoms with E-state index < -0.39 is 0 Å². The van der Waals surface area contributed by atoms with Crippen molar-refractivity contribution >= 4 is 11.6 Å². The third kappa shape index (κ3) is 3.04. The van der Waals surface area contributed by atoms with Gasteiger partial charge in [-0.3, -0.25) is 0 Å².